The minimum absolute atomic E-state index is 0. The van der Waals surface area contributed by atoms with Gasteiger partial charge in [-0.25, -0.2) is 0 Å². The molecule has 1 aliphatic carbocycles. The van der Waals surface area contributed by atoms with Gasteiger partial charge in [0.1, 0.15) is 0 Å². The van der Waals surface area contributed by atoms with Gasteiger partial charge in [0.15, 0.2) is 0 Å². The van der Waals surface area contributed by atoms with E-state index in [1.165, 1.54) is 0 Å². The molecule has 1 unspecified atom stereocenters. The molecule has 4 heteroatoms. The second kappa shape index (κ2) is 6.76. The Morgan fingerprint density at radius 1 is 1.39 bits per heavy atom. The zero-order chi connectivity index (χ0) is 12.3. The Balaban J connectivity index is 0.00000162. The second-order valence-corrected chi connectivity index (χ2v) is 5.08. The predicted octanol–water partition coefficient (Wildman–Crippen LogP) is 1.89. The first kappa shape index (κ1) is 15.0. The van der Waals surface area contributed by atoms with Gasteiger partial charge in [-0.05, 0) is 30.7 Å². The summed E-state index contributed by atoms with van der Waals surface area (Å²) in [5.41, 5.74) is 7.01. The smallest absolute Gasteiger partial charge is 0.237 e. The van der Waals surface area contributed by atoms with Crippen LogP contribution in [-0.2, 0) is 11.2 Å². The molecule has 18 heavy (non-hydrogen) atoms. The van der Waals surface area contributed by atoms with Gasteiger partial charge in [-0.2, -0.15) is 0 Å². The van der Waals surface area contributed by atoms with E-state index in [-0.39, 0.29) is 18.3 Å². The zero-order valence-corrected chi connectivity index (χ0v) is 11.5. The maximum absolute atomic E-state index is 11.8. The van der Waals surface area contributed by atoms with Crippen LogP contribution in [0.5, 0.6) is 0 Å². The van der Waals surface area contributed by atoms with Crippen molar-refractivity contribution in [1.29, 1.82) is 0 Å². The van der Waals surface area contributed by atoms with Gasteiger partial charge in [-0.15, -0.1) is 12.4 Å². The molecule has 0 aliphatic heterocycles. The van der Waals surface area contributed by atoms with Crippen molar-refractivity contribution in [3.05, 3.63) is 35.9 Å². The standard InChI is InChI=1S/C14H20N2O.ClH/c1-10-7-12(8-10)16-14(17)13(15)9-11-5-3-2-4-6-11;/h2-6,10,12-13H,7-9,15H2,1H3,(H,16,17);1H. The van der Waals surface area contributed by atoms with Crippen LogP contribution in [0.15, 0.2) is 30.3 Å². The lowest BCUT2D eigenvalue weighted by Gasteiger charge is -2.34. The number of benzene rings is 1. The summed E-state index contributed by atoms with van der Waals surface area (Å²) in [5.74, 6) is 0.719. The summed E-state index contributed by atoms with van der Waals surface area (Å²) in [5, 5.41) is 3.00. The lowest BCUT2D eigenvalue weighted by molar-refractivity contribution is -0.123. The first-order valence-electron chi connectivity index (χ1n) is 6.25. The van der Waals surface area contributed by atoms with Crippen LogP contribution in [0.2, 0.25) is 0 Å². The monoisotopic (exact) mass is 268 g/mol. The number of nitrogens with one attached hydrogen (secondary N) is 1. The van der Waals surface area contributed by atoms with E-state index in [2.05, 4.69) is 12.2 Å². The average Bonchev–Trinajstić information content (AvgIpc) is 2.28. The number of carbonyl (C=O) groups excluding carboxylic acids is 1. The van der Waals surface area contributed by atoms with Crippen molar-refractivity contribution in [3.8, 4) is 0 Å². The van der Waals surface area contributed by atoms with Crippen LogP contribution >= 0.6 is 12.4 Å². The number of hydrogen-bond acceptors (Lipinski definition) is 2. The fourth-order valence-electron chi connectivity index (χ4n) is 2.29. The summed E-state index contributed by atoms with van der Waals surface area (Å²) >= 11 is 0. The molecule has 100 valence electrons. The molecule has 0 heterocycles. The molecule has 1 saturated carbocycles. The molecule has 0 aromatic heterocycles. The first-order valence-corrected chi connectivity index (χ1v) is 6.25. The van der Waals surface area contributed by atoms with Crippen molar-refractivity contribution < 1.29 is 4.79 Å². The van der Waals surface area contributed by atoms with Crippen molar-refractivity contribution in [2.75, 3.05) is 0 Å². The lowest BCUT2D eigenvalue weighted by Crippen LogP contribution is -2.50. The zero-order valence-electron chi connectivity index (χ0n) is 10.6. The van der Waals surface area contributed by atoms with E-state index in [9.17, 15) is 4.79 Å². The van der Waals surface area contributed by atoms with Gasteiger partial charge in [0.05, 0.1) is 6.04 Å². The van der Waals surface area contributed by atoms with Crippen LogP contribution in [0.25, 0.3) is 0 Å². The number of amides is 1. The summed E-state index contributed by atoms with van der Waals surface area (Å²) in [6.07, 6.45) is 2.78. The molecule has 1 aliphatic rings. The van der Waals surface area contributed by atoms with Crippen molar-refractivity contribution in [3.63, 3.8) is 0 Å². The largest absolute Gasteiger partial charge is 0.352 e. The summed E-state index contributed by atoms with van der Waals surface area (Å²) in [6, 6.07) is 9.80. The van der Waals surface area contributed by atoms with Crippen LogP contribution in [0.3, 0.4) is 0 Å². The molecular formula is C14H21ClN2O. The highest BCUT2D eigenvalue weighted by atomic mass is 35.5. The SMILES string of the molecule is CC1CC(NC(=O)C(N)Cc2ccccc2)C1.Cl. The van der Waals surface area contributed by atoms with Crippen LogP contribution in [0.1, 0.15) is 25.3 Å². The summed E-state index contributed by atoms with van der Waals surface area (Å²) in [7, 11) is 0. The van der Waals surface area contributed by atoms with Crippen molar-refractivity contribution in [2.24, 2.45) is 11.7 Å². The van der Waals surface area contributed by atoms with Gasteiger partial charge in [0.25, 0.3) is 0 Å². The molecule has 0 saturated heterocycles. The fourth-order valence-corrected chi connectivity index (χ4v) is 2.29. The molecule has 3 N–H and O–H groups in total. The Hall–Kier alpha value is -1.06. The van der Waals surface area contributed by atoms with Gasteiger partial charge < -0.3 is 11.1 Å². The maximum atomic E-state index is 11.8. The fraction of sp³-hybridized carbons (Fsp3) is 0.500. The molecule has 1 aromatic carbocycles. The molecule has 1 atom stereocenters. The number of nitrogens with two attached hydrogens (primary N) is 1. The normalized spacial score (nSPS) is 23.4. The van der Waals surface area contributed by atoms with Gasteiger partial charge in [-0.3, -0.25) is 4.79 Å². The van der Waals surface area contributed by atoms with Crippen molar-refractivity contribution >= 4 is 18.3 Å². The molecule has 0 bridgehead atoms. The van der Waals surface area contributed by atoms with Crippen LogP contribution in [0, 0.1) is 5.92 Å². The molecule has 1 fully saturated rings. The minimum atomic E-state index is -0.437. The summed E-state index contributed by atoms with van der Waals surface area (Å²) < 4.78 is 0. The molecule has 1 aromatic rings. The quantitative estimate of drug-likeness (QED) is 0.876. The Morgan fingerprint density at radius 3 is 2.56 bits per heavy atom. The van der Waals surface area contributed by atoms with Gasteiger partial charge in [0.2, 0.25) is 5.91 Å². The number of carbonyl (C=O) groups is 1. The number of hydrogen-bond donors (Lipinski definition) is 2. The van der Waals surface area contributed by atoms with Crippen LogP contribution in [0.4, 0.5) is 0 Å². The van der Waals surface area contributed by atoms with E-state index < -0.39 is 6.04 Å². The van der Waals surface area contributed by atoms with Crippen molar-refractivity contribution in [1.82, 2.24) is 5.32 Å². The Bertz CT molecular complexity index is 377. The topological polar surface area (TPSA) is 55.1 Å². The van der Waals surface area contributed by atoms with Crippen LogP contribution < -0.4 is 11.1 Å². The Labute approximate surface area is 115 Å². The first-order chi connectivity index (χ1) is 8.15. The van der Waals surface area contributed by atoms with Gasteiger partial charge in [0, 0.05) is 6.04 Å². The molecule has 0 radical (unpaired) electrons. The molecule has 1 amide bonds. The van der Waals surface area contributed by atoms with E-state index in [4.69, 9.17) is 5.73 Å². The minimum Gasteiger partial charge on any atom is -0.352 e. The highest BCUT2D eigenvalue weighted by Gasteiger charge is 2.28. The van der Waals surface area contributed by atoms with Gasteiger partial charge in [-0.1, -0.05) is 37.3 Å². The lowest BCUT2D eigenvalue weighted by atomic mass is 9.82. The molecule has 0 spiro atoms. The molecular weight excluding hydrogens is 248 g/mol. The Kier molecular flexibility index (Phi) is 5.63. The van der Waals surface area contributed by atoms with Crippen molar-refractivity contribution in [2.45, 2.75) is 38.3 Å². The third-order valence-electron chi connectivity index (χ3n) is 3.36. The Morgan fingerprint density at radius 2 is 2.00 bits per heavy atom. The van der Waals surface area contributed by atoms with E-state index in [0.29, 0.717) is 12.5 Å². The summed E-state index contributed by atoms with van der Waals surface area (Å²) in [6.45, 7) is 2.20. The number of halogens is 1. The highest BCUT2D eigenvalue weighted by Crippen LogP contribution is 2.26. The van der Waals surface area contributed by atoms with E-state index in [1.807, 2.05) is 30.3 Å². The van der Waals surface area contributed by atoms with Gasteiger partial charge >= 0.3 is 0 Å². The maximum Gasteiger partial charge on any atom is 0.237 e. The molecule has 3 nitrogen and oxygen atoms in total. The van der Waals surface area contributed by atoms with Crippen LogP contribution in [-0.4, -0.2) is 18.0 Å². The average molecular weight is 269 g/mol. The van der Waals surface area contributed by atoms with E-state index in [1.54, 1.807) is 0 Å². The second-order valence-electron chi connectivity index (χ2n) is 5.08. The van der Waals surface area contributed by atoms with E-state index in [0.717, 1.165) is 24.3 Å². The molecule has 2 rings (SSSR count). The third-order valence-corrected chi connectivity index (χ3v) is 3.36. The number of rotatable bonds is 4. The third kappa shape index (κ3) is 4.00. The highest BCUT2D eigenvalue weighted by molar-refractivity contribution is 5.85. The van der Waals surface area contributed by atoms with E-state index >= 15 is 0 Å². The predicted molar refractivity (Wildman–Crippen MR) is 75.7 cm³/mol. The summed E-state index contributed by atoms with van der Waals surface area (Å²) in [4.78, 5) is 11.8.